The molecule has 0 radical (unpaired) electrons. The molecule has 23 heavy (non-hydrogen) atoms. The third-order valence-corrected chi connectivity index (χ3v) is 3.49. The topological polar surface area (TPSA) is 68.1 Å². The molecule has 0 fully saturated rings. The van der Waals surface area contributed by atoms with E-state index in [1.807, 2.05) is 54.7 Å². The number of aromatic nitrogens is 1. The van der Waals surface area contributed by atoms with Crippen LogP contribution in [0.1, 0.15) is 5.56 Å². The molecule has 3 aromatic rings. The summed E-state index contributed by atoms with van der Waals surface area (Å²) in [6.45, 7) is 0.296. The first-order valence-corrected chi connectivity index (χ1v) is 7.22. The lowest BCUT2D eigenvalue weighted by atomic mass is 10.1. The van der Waals surface area contributed by atoms with Crippen molar-refractivity contribution < 1.29 is 4.92 Å². The van der Waals surface area contributed by atoms with Gasteiger partial charge in [-0.25, -0.2) is 0 Å². The van der Waals surface area contributed by atoms with Crippen molar-refractivity contribution in [1.82, 2.24) is 4.98 Å². The Labute approximate surface area is 133 Å². The van der Waals surface area contributed by atoms with E-state index in [0.29, 0.717) is 6.54 Å². The quantitative estimate of drug-likeness (QED) is 0.545. The van der Waals surface area contributed by atoms with Crippen molar-refractivity contribution in [3.8, 4) is 0 Å². The molecule has 0 bridgehead atoms. The molecule has 2 aromatic carbocycles. The molecule has 5 heteroatoms. The van der Waals surface area contributed by atoms with Crippen LogP contribution in [0, 0.1) is 10.1 Å². The molecule has 0 saturated carbocycles. The van der Waals surface area contributed by atoms with Crippen molar-refractivity contribution in [3.63, 3.8) is 0 Å². The van der Waals surface area contributed by atoms with Gasteiger partial charge < -0.3 is 5.32 Å². The highest BCUT2D eigenvalue weighted by molar-refractivity contribution is 5.77. The minimum atomic E-state index is -0.358. The van der Waals surface area contributed by atoms with Gasteiger partial charge in [0, 0.05) is 28.9 Å². The summed E-state index contributed by atoms with van der Waals surface area (Å²) < 4.78 is 0. The van der Waals surface area contributed by atoms with Crippen LogP contribution in [0.15, 0.2) is 72.6 Å². The third kappa shape index (κ3) is 3.52. The van der Waals surface area contributed by atoms with Crippen LogP contribution in [0.4, 0.5) is 5.69 Å². The van der Waals surface area contributed by atoms with Gasteiger partial charge in [-0.05, 0) is 18.2 Å². The molecular formula is C18H15N3O2. The van der Waals surface area contributed by atoms with E-state index in [2.05, 4.69) is 22.4 Å². The first-order chi connectivity index (χ1) is 11.2. The maximum absolute atomic E-state index is 10.5. The van der Waals surface area contributed by atoms with Crippen molar-refractivity contribution in [1.29, 1.82) is 0 Å². The third-order valence-electron chi connectivity index (χ3n) is 3.49. The molecule has 0 amide bonds. The van der Waals surface area contributed by atoms with Crippen LogP contribution >= 0.6 is 0 Å². The SMILES string of the molecule is O=[N+]([O-])C1=Cc2ccccc2NC1.c1ccc2ncccc2c1. The number of fused-ring (bicyclic) bond motifs is 2. The second kappa shape index (κ2) is 6.70. The van der Waals surface area contributed by atoms with Gasteiger partial charge >= 0.3 is 0 Å². The van der Waals surface area contributed by atoms with Gasteiger partial charge in [0.2, 0.25) is 0 Å². The van der Waals surface area contributed by atoms with Crippen LogP contribution in [-0.2, 0) is 0 Å². The average Bonchev–Trinajstić information content (AvgIpc) is 2.62. The molecule has 0 saturated heterocycles. The Morgan fingerprint density at radius 3 is 2.57 bits per heavy atom. The van der Waals surface area contributed by atoms with Crippen molar-refractivity contribution in [2.45, 2.75) is 0 Å². The first kappa shape index (κ1) is 14.7. The zero-order valence-electron chi connectivity index (χ0n) is 12.3. The summed E-state index contributed by atoms with van der Waals surface area (Å²) in [5.74, 6) is 0. The smallest absolute Gasteiger partial charge is 0.265 e. The maximum atomic E-state index is 10.5. The minimum absolute atomic E-state index is 0.207. The van der Waals surface area contributed by atoms with Gasteiger partial charge in [-0.1, -0.05) is 42.5 Å². The number of hydrogen-bond donors (Lipinski definition) is 1. The van der Waals surface area contributed by atoms with E-state index < -0.39 is 0 Å². The molecular weight excluding hydrogens is 290 g/mol. The summed E-state index contributed by atoms with van der Waals surface area (Å²) >= 11 is 0. The van der Waals surface area contributed by atoms with Gasteiger partial charge in [0.1, 0.15) is 6.54 Å². The van der Waals surface area contributed by atoms with Crippen molar-refractivity contribution in [2.75, 3.05) is 11.9 Å². The van der Waals surface area contributed by atoms with E-state index in [9.17, 15) is 10.1 Å². The number of nitrogens with one attached hydrogen (secondary N) is 1. The lowest BCUT2D eigenvalue weighted by Crippen LogP contribution is -2.15. The van der Waals surface area contributed by atoms with E-state index in [1.54, 1.807) is 6.08 Å². The fourth-order valence-electron chi connectivity index (χ4n) is 2.33. The van der Waals surface area contributed by atoms with Crippen LogP contribution in [-0.4, -0.2) is 16.5 Å². The fourth-order valence-corrected chi connectivity index (χ4v) is 2.33. The van der Waals surface area contributed by atoms with E-state index in [-0.39, 0.29) is 10.6 Å². The van der Waals surface area contributed by atoms with E-state index in [1.165, 1.54) is 5.39 Å². The number of hydrogen-bond acceptors (Lipinski definition) is 4. The predicted octanol–water partition coefficient (Wildman–Crippen LogP) is 3.96. The summed E-state index contributed by atoms with van der Waals surface area (Å²) in [6.07, 6.45) is 3.41. The Hall–Kier alpha value is -3.21. The number of para-hydroxylation sites is 2. The zero-order chi connectivity index (χ0) is 16.1. The predicted molar refractivity (Wildman–Crippen MR) is 91.6 cm³/mol. The Bertz CT molecular complexity index is 809. The highest BCUT2D eigenvalue weighted by Crippen LogP contribution is 2.22. The number of nitrogens with zero attached hydrogens (tertiary/aromatic N) is 2. The average molecular weight is 305 g/mol. The fraction of sp³-hybridized carbons (Fsp3) is 0.0556. The highest BCUT2D eigenvalue weighted by Gasteiger charge is 2.16. The lowest BCUT2D eigenvalue weighted by Gasteiger charge is -2.12. The molecule has 1 N–H and O–H groups in total. The van der Waals surface area contributed by atoms with Gasteiger partial charge in [-0.15, -0.1) is 0 Å². The maximum Gasteiger partial charge on any atom is 0.265 e. The van der Waals surface area contributed by atoms with Crippen LogP contribution in [0.25, 0.3) is 17.0 Å². The van der Waals surface area contributed by atoms with Crippen LogP contribution in [0.3, 0.4) is 0 Å². The van der Waals surface area contributed by atoms with Gasteiger partial charge in [0.05, 0.1) is 10.4 Å². The summed E-state index contributed by atoms with van der Waals surface area (Å²) in [4.78, 5) is 14.3. The van der Waals surface area contributed by atoms with Gasteiger partial charge in [-0.2, -0.15) is 0 Å². The van der Waals surface area contributed by atoms with E-state index >= 15 is 0 Å². The number of rotatable bonds is 1. The Kier molecular flexibility index (Phi) is 4.29. The number of pyridine rings is 1. The molecule has 1 aromatic heterocycles. The molecule has 5 nitrogen and oxygen atoms in total. The van der Waals surface area contributed by atoms with Crippen LogP contribution < -0.4 is 5.32 Å². The summed E-state index contributed by atoms with van der Waals surface area (Å²) in [5, 5.41) is 14.6. The molecule has 114 valence electrons. The van der Waals surface area contributed by atoms with Crippen molar-refractivity contribution >= 4 is 22.7 Å². The zero-order valence-corrected chi connectivity index (χ0v) is 12.3. The lowest BCUT2D eigenvalue weighted by molar-refractivity contribution is -0.423. The number of benzene rings is 2. The molecule has 0 aliphatic carbocycles. The molecule has 1 aliphatic heterocycles. The normalized spacial score (nSPS) is 12.3. The Balaban J connectivity index is 0.000000140. The monoisotopic (exact) mass is 305 g/mol. The minimum Gasteiger partial charge on any atom is -0.375 e. The summed E-state index contributed by atoms with van der Waals surface area (Å²) in [6, 6.07) is 19.6. The molecule has 2 heterocycles. The molecule has 4 rings (SSSR count). The summed E-state index contributed by atoms with van der Waals surface area (Å²) in [7, 11) is 0. The van der Waals surface area contributed by atoms with Gasteiger partial charge in [-0.3, -0.25) is 15.1 Å². The van der Waals surface area contributed by atoms with Crippen molar-refractivity contribution in [2.24, 2.45) is 0 Å². The van der Waals surface area contributed by atoms with Gasteiger partial charge in [0.15, 0.2) is 0 Å². The van der Waals surface area contributed by atoms with Crippen LogP contribution in [0.2, 0.25) is 0 Å². The first-order valence-electron chi connectivity index (χ1n) is 7.22. The largest absolute Gasteiger partial charge is 0.375 e. The van der Waals surface area contributed by atoms with E-state index in [0.717, 1.165) is 16.8 Å². The molecule has 0 unspecified atom stereocenters. The summed E-state index contributed by atoms with van der Waals surface area (Å²) in [5.41, 5.74) is 3.09. The molecule has 1 aliphatic rings. The second-order valence-electron chi connectivity index (χ2n) is 5.03. The number of nitro groups is 1. The highest BCUT2D eigenvalue weighted by atomic mass is 16.6. The Morgan fingerprint density at radius 2 is 1.74 bits per heavy atom. The van der Waals surface area contributed by atoms with E-state index in [4.69, 9.17) is 0 Å². The molecule has 0 atom stereocenters. The molecule has 0 spiro atoms. The standard InChI is InChI=1S/C9H8N2O2.C9H7N/c12-11(13)8-5-7-3-1-2-4-9(7)10-6-8;1-2-6-9-8(4-1)5-3-7-10-9/h1-5,10H,6H2;1-7H. The Morgan fingerprint density at radius 1 is 1.00 bits per heavy atom. The number of anilines is 1. The van der Waals surface area contributed by atoms with Crippen LogP contribution in [0.5, 0.6) is 0 Å². The van der Waals surface area contributed by atoms with Crippen molar-refractivity contribution in [3.05, 3.63) is 88.2 Å². The second-order valence-corrected chi connectivity index (χ2v) is 5.03. The van der Waals surface area contributed by atoms with Gasteiger partial charge in [0.25, 0.3) is 5.70 Å².